The molecular weight excluding hydrogens is 813 g/mol. The molecular formula is C24H24I3O7S-. The van der Waals surface area contributed by atoms with Gasteiger partial charge in [-0.3, -0.25) is 4.79 Å². The first-order valence-electron chi connectivity index (χ1n) is 11.1. The lowest BCUT2D eigenvalue weighted by molar-refractivity contribution is -0.134. The minimum Gasteiger partial charge on any atom is -0.744 e. The van der Waals surface area contributed by atoms with E-state index < -0.39 is 22.1 Å². The SMILES string of the molecule is Cc1cc(S(=O)(=O)[O-])c(C2CCCCC2)cc1OC(=O)CCCOC(=O)c1cc(I)cc(I)c1I. The third-order valence-electron chi connectivity index (χ3n) is 5.82. The molecule has 0 amide bonds. The third-order valence-corrected chi connectivity index (χ3v) is 10.4. The topological polar surface area (TPSA) is 110 Å². The average Bonchev–Trinajstić information content (AvgIpc) is 2.80. The minimum absolute atomic E-state index is 0.0219. The zero-order valence-corrected chi connectivity index (χ0v) is 26.2. The van der Waals surface area contributed by atoms with Crippen LogP contribution in [-0.2, 0) is 19.6 Å². The summed E-state index contributed by atoms with van der Waals surface area (Å²) in [5, 5.41) is 0. The summed E-state index contributed by atoms with van der Waals surface area (Å²) in [5.74, 6) is -0.758. The smallest absolute Gasteiger partial charge is 0.339 e. The van der Waals surface area contributed by atoms with Crippen molar-refractivity contribution >= 4 is 89.8 Å². The molecule has 1 fully saturated rings. The van der Waals surface area contributed by atoms with E-state index >= 15 is 0 Å². The molecule has 0 aliphatic heterocycles. The quantitative estimate of drug-likeness (QED) is 0.0767. The Balaban J connectivity index is 1.62. The predicted molar refractivity (Wildman–Crippen MR) is 155 cm³/mol. The van der Waals surface area contributed by atoms with Gasteiger partial charge in [-0.15, -0.1) is 0 Å². The van der Waals surface area contributed by atoms with Crippen molar-refractivity contribution in [2.24, 2.45) is 0 Å². The maximum absolute atomic E-state index is 12.4. The number of aryl methyl sites for hydroxylation is 1. The molecule has 1 aliphatic carbocycles. The number of carbonyl (C=O) groups is 2. The maximum atomic E-state index is 12.4. The summed E-state index contributed by atoms with van der Waals surface area (Å²) in [7, 11) is -4.65. The molecule has 35 heavy (non-hydrogen) atoms. The lowest BCUT2D eigenvalue weighted by Crippen LogP contribution is -2.15. The Hall–Kier alpha value is -0.520. The number of rotatable bonds is 8. The van der Waals surface area contributed by atoms with E-state index in [2.05, 4.69) is 67.8 Å². The van der Waals surface area contributed by atoms with Crippen molar-refractivity contribution in [1.29, 1.82) is 0 Å². The highest BCUT2D eigenvalue weighted by Crippen LogP contribution is 2.39. The second-order valence-electron chi connectivity index (χ2n) is 8.41. The molecule has 0 aromatic heterocycles. The summed E-state index contributed by atoms with van der Waals surface area (Å²) in [6, 6.07) is 6.57. The summed E-state index contributed by atoms with van der Waals surface area (Å²) < 4.78 is 49.2. The normalized spacial score (nSPS) is 14.5. The van der Waals surface area contributed by atoms with Crippen molar-refractivity contribution in [1.82, 2.24) is 0 Å². The predicted octanol–water partition coefficient (Wildman–Crippen LogP) is 6.30. The summed E-state index contributed by atoms with van der Waals surface area (Å²) in [5.41, 5.74) is 1.33. The van der Waals surface area contributed by atoms with Gasteiger partial charge in [0.1, 0.15) is 15.9 Å². The standard InChI is InChI=1S/C24H25I3O7S/c1-14-10-21(35(30,31)32)17(15-6-3-2-4-7-15)13-20(14)34-22(28)8-5-9-33-24(29)18-11-16(25)12-19(26)23(18)27/h10-13,15H,2-9H2,1H3,(H,30,31,32)/p-1. The van der Waals surface area contributed by atoms with Gasteiger partial charge in [0, 0.05) is 17.1 Å². The van der Waals surface area contributed by atoms with Crippen LogP contribution in [0.15, 0.2) is 29.2 Å². The van der Waals surface area contributed by atoms with Crippen LogP contribution in [0.2, 0.25) is 0 Å². The van der Waals surface area contributed by atoms with Crippen LogP contribution in [0, 0.1) is 17.6 Å². The van der Waals surface area contributed by atoms with Gasteiger partial charge in [0.25, 0.3) is 0 Å². The molecule has 0 spiro atoms. The Morgan fingerprint density at radius 3 is 2.40 bits per heavy atom. The van der Waals surface area contributed by atoms with Crippen LogP contribution in [0.3, 0.4) is 0 Å². The van der Waals surface area contributed by atoms with E-state index in [-0.39, 0.29) is 36.0 Å². The number of carbonyl (C=O) groups excluding carboxylic acids is 2. The van der Waals surface area contributed by atoms with E-state index in [0.29, 0.717) is 16.7 Å². The molecule has 3 rings (SSSR count). The molecule has 0 saturated heterocycles. The van der Waals surface area contributed by atoms with E-state index in [1.165, 1.54) is 12.1 Å². The van der Waals surface area contributed by atoms with Crippen LogP contribution in [0.4, 0.5) is 0 Å². The summed E-state index contributed by atoms with van der Waals surface area (Å²) >= 11 is 6.42. The summed E-state index contributed by atoms with van der Waals surface area (Å²) in [6.45, 7) is 1.67. The second-order valence-corrected chi connectivity index (χ2v) is 13.2. The van der Waals surface area contributed by atoms with Gasteiger partial charge < -0.3 is 14.0 Å². The van der Waals surface area contributed by atoms with Gasteiger partial charge in [0.2, 0.25) is 0 Å². The van der Waals surface area contributed by atoms with Gasteiger partial charge in [-0.05, 0) is 135 Å². The lowest BCUT2D eigenvalue weighted by Gasteiger charge is -2.26. The monoisotopic (exact) mass is 837 g/mol. The molecule has 0 unspecified atom stereocenters. The number of ether oxygens (including phenoxy) is 2. The first kappa shape index (κ1) is 29.0. The molecule has 7 nitrogen and oxygen atoms in total. The number of hydrogen-bond acceptors (Lipinski definition) is 7. The van der Waals surface area contributed by atoms with E-state index in [1.807, 2.05) is 6.07 Å². The number of hydrogen-bond donors (Lipinski definition) is 0. The summed E-state index contributed by atoms with van der Waals surface area (Å²) in [6.07, 6.45) is 4.90. The molecule has 0 radical (unpaired) electrons. The van der Waals surface area contributed by atoms with Gasteiger partial charge in [-0.1, -0.05) is 19.3 Å². The van der Waals surface area contributed by atoms with Gasteiger partial charge in [0.05, 0.1) is 17.1 Å². The van der Waals surface area contributed by atoms with Gasteiger partial charge in [0.15, 0.2) is 0 Å². The van der Waals surface area contributed by atoms with Crippen LogP contribution in [0.25, 0.3) is 0 Å². The van der Waals surface area contributed by atoms with Gasteiger partial charge >= 0.3 is 11.9 Å². The maximum Gasteiger partial charge on any atom is 0.339 e. The Labute approximate surface area is 246 Å². The average molecular weight is 837 g/mol. The van der Waals surface area contributed by atoms with E-state index in [0.717, 1.165) is 42.8 Å². The van der Waals surface area contributed by atoms with Crippen molar-refractivity contribution in [2.75, 3.05) is 6.61 Å². The molecule has 1 aliphatic rings. The van der Waals surface area contributed by atoms with Crippen molar-refractivity contribution in [2.45, 2.75) is 62.7 Å². The lowest BCUT2D eigenvalue weighted by atomic mass is 9.83. The van der Waals surface area contributed by atoms with Crippen LogP contribution >= 0.6 is 67.8 Å². The van der Waals surface area contributed by atoms with E-state index in [4.69, 9.17) is 9.47 Å². The third kappa shape index (κ3) is 7.98. The van der Waals surface area contributed by atoms with Crippen LogP contribution in [0.1, 0.15) is 72.3 Å². The molecule has 1 saturated carbocycles. The fraction of sp³-hybridized carbons (Fsp3) is 0.417. The fourth-order valence-electron chi connectivity index (χ4n) is 4.07. The van der Waals surface area contributed by atoms with E-state index in [1.54, 1.807) is 13.0 Å². The molecule has 2 aromatic rings. The molecule has 0 heterocycles. The number of benzene rings is 2. The Bertz CT molecular complexity index is 1220. The van der Waals surface area contributed by atoms with Crippen LogP contribution in [-0.4, -0.2) is 31.5 Å². The van der Waals surface area contributed by atoms with Crippen LogP contribution < -0.4 is 4.74 Å². The minimum atomic E-state index is -4.65. The molecule has 190 valence electrons. The van der Waals surface area contributed by atoms with Crippen molar-refractivity contribution in [3.05, 3.63) is 51.7 Å². The first-order valence-corrected chi connectivity index (χ1v) is 15.7. The molecule has 0 bridgehead atoms. The number of halogens is 3. The highest BCUT2D eigenvalue weighted by atomic mass is 127. The first-order chi connectivity index (χ1) is 16.5. The largest absolute Gasteiger partial charge is 0.744 e. The van der Waals surface area contributed by atoms with Crippen molar-refractivity contribution in [3.63, 3.8) is 0 Å². The summed E-state index contributed by atoms with van der Waals surface area (Å²) in [4.78, 5) is 24.6. The molecule has 0 N–H and O–H groups in total. The zero-order chi connectivity index (χ0) is 25.8. The van der Waals surface area contributed by atoms with Crippen LogP contribution in [0.5, 0.6) is 5.75 Å². The highest BCUT2D eigenvalue weighted by molar-refractivity contribution is 14.1. The highest BCUT2D eigenvalue weighted by Gasteiger charge is 2.24. The van der Waals surface area contributed by atoms with E-state index in [9.17, 15) is 22.6 Å². The van der Waals surface area contributed by atoms with Crippen molar-refractivity contribution < 1.29 is 32.0 Å². The Morgan fingerprint density at radius 2 is 1.74 bits per heavy atom. The molecule has 11 heteroatoms. The van der Waals surface area contributed by atoms with Gasteiger partial charge in [-0.25, -0.2) is 13.2 Å². The molecule has 2 aromatic carbocycles. The Morgan fingerprint density at radius 1 is 1.06 bits per heavy atom. The molecule has 0 atom stereocenters. The van der Waals surface area contributed by atoms with Gasteiger partial charge in [-0.2, -0.15) is 0 Å². The zero-order valence-electron chi connectivity index (χ0n) is 18.9. The fourth-order valence-corrected chi connectivity index (χ4v) is 7.29. The second kappa shape index (κ2) is 12.8. The van der Waals surface area contributed by atoms with Crippen molar-refractivity contribution in [3.8, 4) is 5.75 Å². The Kier molecular flexibility index (Phi) is 10.6. The number of esters is 2.